The van der Waals surface area contributed by atoms with Crippen LogP contribution in [0, 0.1) is 17.7 Å². The molecule has 8 nitrogen and oxygen atoms in total. The maximum atomic E-state index is 13.8. The summed E-state index contributed by atoms with van der Waals surface area (Å²) >= 11 is 0. The van der Waals surface area contributed by atoms with E-state index in [2.05, 4.69) is 15.4 Å². The fourth-order valence-electron chi connectivity index (χ4n) is 4.25. The molecule has 9 heteroatoms. The summed E-state index contributed by atoms with van der Waals surface area (Å²) in [6, 6.07) is 6.00. The molecule has 3 atom stereocenters. The molecule has 4 rings (SSSR count). The van der Waals surface area contributed by atoms with Crippen LogP contribution in [0.15, 0.2) is 30.5 Å². The lowest BCUT2D eigenvalue weighted by Crippen LogP contribution is -2.42. The van der Waals surface area contributed by atoms with E-state index in [0.29, 0.717) is 19.6 Å². The minimum atomic E-state index is -0.332. The summed E-state index contributed by atoms with van der Waals surface area (Å²) in [4.78, 5) is 30.4. The lowest BCUT2D eigenvalue weighted by atomic mass is 9.89. The number of carbonyl (C=O) groups is 2. The first-order valence-corrected chi connectivity index (χ1v) is 8.84. The summed E-state index contributed by atoms with van der Waals surface area (Å²) < 4.78 is 13.8. The smallest absolute Gasteiger partial charge is 0.320 e. The molecule has 0 bridgehead atoms. The second kappa shape index (κ2) is 6.64. The van der Waals surface area contributed by atoms with E-state index >= 15 is 0 Å². The van der Waals surface area contributed by atoms with Gasteiger partial charge in [-0.15, -0.1) is 0 Å². The molecule has 0 spiro atoms. The van der Waals surface area contributed by atoms with Crippen LogP contribution in [0.3, 0.4) is 0 Å². The third kappa shape index (κ3) is 3.02. The van der Waals surface area contributed by atoms with E-state index in [1.165, 1.54) is 23.2 Å². The monoisotopic (exact) mass is 372 g/mol. The maximum absolute atomic E-state index is 13.8. The van der Waals surface area contributed by atoms with Gasteiger partial charge in [-0.25, -0.2) is 9.18 Å². The predicted octanol–water partition coefficient (Wildman–Crippen LogP) is 1.37. The highest BCUT2D eigenvalue weighted by molar-refractivity contribution is 5.92. The predicted molar refractivity (Wildman–Crippen MR) is 94.2 cm³/mol. The zero-order chi connectivity index (χ0) is 19.1. The van der Waals surface area contributed by atoms with Crippen molar-refractivity contribution in [3.05, 3.63) is 47.5 Å². The molecule has 3 amide bonds. The second-order valence-electron chi connectivity index (χ2n) is 7.32. The molecule has 3 heterocycles. The lowest BCUT2D eigenvalue weighted by Gasteiger charge is -2.31. The number of benzene rings is 1. The van der Waals surface area contributed by atoms with Gasteiger partial charge >= 0.3 is 6.03 Å². The molecule has 2 aliphatic rings. The quantitative estimate of drug-likeness (QED) is 0.863. The first-order valence-electron chi connectivity index (χ1n) is 8.84. The van der Waals surface area contributed by atoms with E-state index in [4.69, 9.17) is 0 Å². The standard InChI is InChI=1S/C18H21FN6O2/c1-23(2)18(27)25-9-12-8-24(17(26)15-7-20-22-21-15)10-14(12)16(25)11-4-3-5-13(19)6-11/h3-7,12,14,16H,8-10H2,1-2H3,(H,20,21,22)/t12-,14-,16+/m1/s1. The number of nitrogens with one attached hydrogen (secondary N) is 1. The minimum Gasteiger partial charge on any atom is -0.336 e. The van der Waals surface area contributed by atoms with Gasteiger partial charge in [-0.2, -0.15) is 15.4 Å². The normalized spacial score (nSPS) is 24.2. The van der Waals surface area contributed by atoms with E-state index in [1.54, 1.807) is 30.0 Å². The molecule has 1 aromatic heterocycles. The number of aromatic amines is 1. The lowest BCUT2D eigenvalue weighted by molar-refractivity contribution is 0.0760. The molecular formula is C18H21FN6O2. The second-order valence-corrected chi connectivity index (χ2v) is 7.32. The van der Waals surface area contributed by atoms with Crippen molar-refractivity contribution in [2.24, 2.45) is 11.8 Å². The zero-order valence-corrected chi connectivity index (χ0v) is 15.2. The third-order valence-corrected chi connectivity index (χ3v) is 5.40. The Bertz CT molecular complexity index is 855. The van der Waals surface area contributed by atoms with Crippen molar-refractivity contribution in [3.8, 4) is 0 Å². The number of fused-ring (bicyclic) bond motifs is 1. The average molecular weight is 372 g/mol. The number of H-pyrrole nitrogens is 1. The number of hydrogen-bond donors (Lipinski definition) is 1. The number of urea groups is 1. The molecule has 0 saturated carbocycles. The van der Waals surface area contributed by atoms with E-state index in [1.807, 2.05) is 6.07 Å². The topological polar surface area (TPSA) is 85.4 Å². The van der Waals surface area contributed by atoms with Crippen LogP contribution in [0.2, 0.25) is 0 Å². The van der Waals surface area contributed by atoms with E-state index in [9.17, 15) is 14.0 Å². The van der Waals surface area contributed by atoms with E-state index in [-0.39, 0.29) is 41.3 Å². The zero-order valence-electron chi connectivity index (χ0n) is 15.2. The molecule has 0 unspecified atom stereocenters. The molecule has 2 saturated heterocycles. The molecule has 0 radical (unpaired) electrons. The van der Waals surface area contributed by atoms with Crippen LogP contribution in [-0.4, -0.2) is 75.8 Å². The Balaban J connectivity index is 1.63. The number of aromatic nitrogens is 3. The molecule has 1 N–H and O–H groups in total. The Morgan fingerprint density at radius 3 is 2.74 bits per heavy atom. The molecule has 2 fully saturated rings. The average Bonchev–Trinajstić information content (AvgIpc) is 3.35. The molecule has 27 heavy (non-hydrogen) atoms. The number of hydrogen-bond acceptors (Lipinski definition) is 4. The summed E-state index contributed by atoms with van der Waals surface area (Å²) in [6.45, 7) is 1.57. The van der Waals surface area contributed by atoms with E-state index in [0.717, 1.165) is 5.56 Å². The van der Waals surface area contributed by atoms with Gasteiger partial charge in [0.2, 0.25) is 0 Å². The molecule has 1 aromatic carbocycles. The molecule has 0 aliphatic carbocycles. The Labute approximate surface area is 155 Å². The van der Waals surface area contributed by atoms with Crippen molar-refractivity contribution in [3.63, 3.8) is 0 Å². The summed E-state index contributed by atoms with van der Waals surface area (Å²) in [7, 11) is 3.42. The van der Waals surface area contributed by atoms with Crippen LogP contribution >= 0.6 is 0 Å². The molecule has 142 valence electrons. The van der Waals surface area contributed by atoms with Gasteiger partial charge in [-0.05, 0) is 17.7 Å². The Kier molecular flexibility index (Phi) is 4.29. The van der Waals surface area contributed by atoms with Gasteiger partial charge in [-0.1, -0.05) is 12.1 Å². The number of halogens is 1. The van der Waals surface area contributed by atoms with Crippen molar-refractivity contribution in [1.82, 2.24) is 30.1 Å². The number of rotatable bonds is 2. The van der Waals surface area contributed by atoms with Gasteiger partial charge in [-0.3, -0.25) is 4.79 Å². The first-order chi connectivity index (χ1) is 13.0. The summed E-state index contributed by atoms with van der Waals surface area (Å²) in [6.07, 6.45) is 1.41. The SMILES string of the molecule is CN(C)C(=O)N1C[C@H]2CN(C(=O)c3cn[nH]n3)C[C@H]2[C@@H]1c1cccc(F)c1. The van der Waals surface area contributed by atoms with Crippen molar-refractivity contribution >= 4 is 11.9 Å². The fraction of sp³-hybridized carbons (Fsp3) is 0.444. The van der Waals surface area contributed by atoms with Crippen molar-refractivity contribution in [2.45, 2.75) is 6.04 Å². The number of carbonyl (C=O) groups excluding carboxylic acids is 2. The molecule has 2 aromatic rings. The Morgan fingerprint density at radius 2 is 2.07 bits per heavy atom. The third-order valence-electron chi connectivity index (χ3n) is 5.40. The van der Waals surface area contributed by atoms with Crippen LogP contribution in [-0.2, 0) is 0 Å². The summed E-state index contributed by atoms with van der Waals surface area (Å²) in [5.74, 6) is -0.326. The highest BCUT2D eigenvalue weighted by atomic mass is 19.1. The van der Waals surface area contributed by atoms with Crippen LogP contribution in [0.5, 0.6) is 0 Å². The van der Waals surface area contributed by atoms with Crippen molar-refractivity contribution in [1.29, 1.82) is 0 Å². The highest BCUT2D eigenvalue weighted by Crippen LogP contribution is 2.45. The van der Waals surface area contributed by atoms with Crippen LogP contribution in [0.25, 0.3) is 0 Å². The summed E-state index contributed by atoms with van der Waals surface area (Å²) in [5.41, 5.74) is 1.03. The van der Waals surface area contributed by atoms with Gasteiger partial charge in [0.25, 0.3) is 5.91 Å². The maximum Gasteiger partial charge on any atom is 0.320 e. The highest BCUT2D eigenvalue weighted by Gasteiger charge is 2.50. The number of nitrogens with zero attached hydrogens (tertiary/aromatic N) is 5. The van der Waals surface area contributed by atoms with Crippen LogP contribution in [0.1, 0.15) is 22.1 Å². The number of likely N-dealkylation sites (tertiary alicyclic amines) is 2. The molecule has 2 aliphatic heterocycles. The van der Waals surface area contributed by atoms with Crippen molar-refractivity contribution < 1.29 is 14.0 Å². The van der Waals surface area contributed by atoms with Gasteiger partial charge in [0.05, 0.1) is 12.2 Å². The van der Waals surface area contributed by atoms with E-state index < -0.39 is 0 Å². The van der Waals surface area contributed by atoms with Gasteiger partial charge in [0.15, 0.2) is 5.69 Å². The first kappa shape index (κ1) is 17.4. The van der Waals surface area contributed by atoms with Crippen LogP contribution in [0.4, 0.5) is 9.18 Å². The largest absolute Gasteiger partial charge is 0.336 e. The Hall–Kier alpha value is -2.97. The van der Waals surface area contributed by atoms with Gasteiger partial charge in [0, 0.05) is 45.6 Å². The fourth-order valence-corrected chi connectivity index (χ4v) is 4.25. The van der Waals surface area contributed by atoms with Gasteiger partial charge in [0.1, 0.15) is 5.82 Å². The van der Waals surface area contributed by atoms with Gasteiger partial charge < -0.3 is 14.7 Å². The molecular weight excluding hydrogens is 351 g/mol. The minimum absolute atomic E-state index is 0.0477. The van der Waals surface area contributed by atoms with Crippen molar-refractivity contribution in [2.75, 3.05) is 33.7 Å². The number of amides is 3. The summed E-state index contributed by atoms with van der Waals surface area (Å²) in [5, 5.41) is 10.0. The van der Waals surface area contributed by atoms with Crippen LogP contribution < -0.4 is 0 Å². The Morgan fingerprint density at radius 1 is 1.26 bits per heavy atom.